The monoisotopic (exact) mass is 444 g/mol. The van der Waals surface area contributed by atoms with Crippen molar-refractivity contribution in [3.05, 3.63) is 58.2 Å². The Bertz CT molecular complexity index is 928. The largest absolute Gasteiger partial charge is 0.493 e. The summed E-state index contributed by atoms with van der Waals surface area (Å²) in [5.41, 5.74) is 1.40. The molecule has 7 heteroatoms. The molecule has 1 atom stereocenters. The number of urea groups is 1. The van der Waals surface area contributed by atoms with Crippen LogP contribution in [-0.2, 0) is 4.79 Å². The van der Waals surface area contributed by atoms with Crippen LogP contribution in [-0.4, -0.2) is 25.2 Å². The number of anilines is 1. The molecule has 3 rings (SSSR count). The summed E-state index contributed by atoms with van der Waals surface area (Å²) in [4.78, 5) is 26.1. The van der Waals surface area contributed by atoms with Crippen LogP contribution in [0.25, 0.3) is 6.08 Å². The third-order valence-electron chi connectivity index (χ3n) is 4.35. The lowest BCUT2D eigenvalue weighted by atomic mass is 10.1. The second kappa shape index (κ2) is 8.48. The van der Waals surface area contributed by atoms with Gasteiger partial charge < -0.3 is 14.8 Å². The fourth-order valence-electron chi connectivity index (χ4n) is 2.74. The first-order chi connectivity index (χ1) is 13.4. The molecule has 0 aromatic heterocycles. The van der Waals surface area contributed by atoms with Crippen LogP contribution in [0.3, 0.4) is 0 Å². The summed E-state index contributed by atoms with van der Waals surface area (Å²) >= 11 is 3.50. The molecule has 0 bridgehead atoms. The van der Waals surface area contributed by atoms with Gasteiger partial charge in [-0.25, -0.2) is 9.69 Å². The maximum Gasteiger partial charge on any atom is 0.333 e. The van der Waals surface area contributed by atoms with Gasteiger partial charge in [0, 0.05) is 0 Å². The topological polar surface area (TPSA) is 67.9 Å². The van der Waals surface area contributed by atoms with E-state index in [9.17, 15) is 9.59 Å². The Labute approximate surface area is 172 Å². The highest BCUT2D eigenvalue weighted by Gasteiger charge is 2.34. The minimum Gasteiger partial charge on any atom is -0.493 e. The minimum absolute atomic E-state index is 0.0320. The van der Waals surface area contributed by atoms with Gasteiger partial charge in [0.15, 0.2) is 11.5 Å². The number of amides is 3. The number of hydrogen-bond donors (Lipinski definition) is 1. The van der Waals surface area contributed by atoms with Crippen LogP contribution >= 0.6 is 15.9 Å². The molecule has 28 heavy (non-hydrogen) atoms. The average Bonchev–Trinajstić information content (AvgIpc) is 2.97. The van der Waals surface area contributed by atoms with E-state index in [2.05, 4.69) is 21.2 Å². The molecule has 1 N–H and O–H groups in total. The van der Waals surface area contributed by atoms with Crippen molar-refractivity contribution in [3.63, 3.8) is 0 Å². The predicted octanol–water partition coefficient (Wildman–Crippen LogP) is 4.73. The van der Waals surface area contributed by atoms with Crippen molar-refractivity contribution in [3.8, 4) is 11.5 Å². The molecule has 1 heterocycles. The molecule has 1 saturated heterocycles. The van der Waals surface area contributed by atoms with Crippen LogP contribution in [0.1, 0.15) is 25.8 Å². The maximum atomic E-state index is 12.7. The second-order valence-electron chi connectivity index (χ2n) is 6.34. The molecule has 1 aliphatic rings. The third-order valence-corrected chi connectivity index (χ3v) is 4.94. The number of benzene rings is 2. The first-order valence-corrected chi connectivity index (χ1v) is 9.70. The van der Waals surface area contributed by atoms with Crippen LogP contribution in [0.2, 0.25) is 0 Å². The SMILES string of the molecule is CCC(C)Oc1c(Br)cc(/C=C2/NC(=O)N(c3ccccc3)C2=O)cc1OC. The molecule has 6 nitrogen and oxygen atoms in total. The summed E-state index contributed by atoms with van der Waals surface area (Å²) in [5.74, 6) is 0.733. The van der Waals surface area contributed by atoms with Gasteiger partial charge >= 0.3 is 6.03 Å². The molecule has 1 fully saturated rings. The highest BCUT2D eigenvalue weighted by atomic mass is 79.9. The summed E-state index contributed by atoms with van der Waals surface area (Å²) in [7, 11) is 1.56. The van der Waals surface area contributed by atoms with Crippen molar-refractivity contribution < 1.29 is 19.1 Å². The van der Waals surface area contributed by atoms with Crippen molar-refractivity contribution >= 4 is 39.6 Å². The van der Waals surface area contributed by atoms with Gasteiger partial charge in [0.05, 0.1) is 23.4 Å². The Kier molecular flexibility index (Phi) is 6.04. The van der Waals surface area contributed by atoms with Gasteiger partial charge in [-0.15, -0.1) is 0 Å². The number of hydrogen-bond acceptors (Lipinski definition) is 4. The Morgan fingerprint density at radius 2 is 1.93 bits per heavy atom. The molecule has 0 saturated carbocycles. The minimum atomic E-state index is -0.481. The van der Waals surface area contributed by atoms with E-state index in [-0.39, 0.29) is 11.8 Å². The summed E-state index contributed by atoms with van der Waals surface area (Å²) < 4.78 is 12.1. The molecular formula is C21H21BrN2O4. The number of ether oxygens (including phenoxy) is 2. The van der Waals surface area contributed by atoms with E-state index in [0.29, 0.717) is 27.2 Å². The number of nitrogens with one attached hydrogen (secondary N) is 1. The zero-order chi connectivity index (χ0) is 20.3. The van der Waals surface area contributed by atoms with Gasteiger partial charge in [0.2, 0.25) is 0 Å². The van der Waals surface area contributed by atoms with E-state index in [1.165, 1.54) is 0 Å². The number of imide groups is 1. The number of nitrogens with zero attached hydrogens (tertiary/aromatic N) is 1. The third kappa shape index (κ3) is 4.04. The Morgan fingerprint density at radius 3 is 2.57 bits per heavy atom. The number of para-hydroxylation sites is 1. The van der Waals surface area contributed by atoms with Crippen LogP contribution in [0.15, 0.2) is 52.6 Å². The lowest BCUT2D eigenvalue weighted by Crippen LogP contribution is -2.30. The maximum absolute atomic E-state index is 12.7. The lowest BCUT2D eigenvalue weighted by Gasteiger charge is -2.17. The van der Waals surface area contributed by atoms with Crippen molar-refractivity contribution in [2.75, 3.05) is 12.0 Å². The number of rotatable bonds is 6. The van der Waals surface area contributed by atoms with Gasteiger partial charge in [-0.3, -0.25) is 4.79 Å². The summed E-state index contributed by atoms with van der Waals surface area (Å²) in [6, 6.07) is 11.9. The lowest BCUT2D eigenvalue weighted by molar-refractivity contribution is -0.113. The smallest absolute Gasteiger partial charge is 0.333 e. The molecule has 2 aromatic carbocycles. The van der Waals surface area contributed by atoms with E-state index in [4.69, 9.17) is 9.47 Å². The fourth-order valence-corrected chi connectivity index (χ4v) is 3.29. The molecule has 146 valence electrons. The van der Waals surface area contributed by atoms with E-state index in [0.717, 1.165) is 11.3 Å². The first kappa shape index (κ1) is 19.9. The Balaban J connectivity index is 1.92. The van der Waals surface area contributed by atoms with E-state index >= 15 is 0 Å². The van der Waals surface area contributed by atoms with Gasteiger partial charge in [-0.05, 0) is 65.2 Å². The van der Waals surface area contributed by atoms with Crippen molar-refractivity contribution in [2.24, 2.45) is 0 Å². The zero-order valence-corrected chi connectivity index (χ0v) is 17.4. The van der Waals surface area contributed by atoms with E-state index < -0.39 is 11.9 Å². The Hall–Kier alpha value is -2.80. The van der Waals surface area contributed by atoms with Gasteiger partial charge in [-0.1, -0.05) is 25.1 Å². The normalized spacial score (nSPS) is 16.3. The van der Waals surface area contributed by atoms with E-state index in [1.54, 1.807) is 43.5 Å². The van der Waals surface area contributed by atoms with E-state index in [1.807, 2.05) is 26.0 Å². The first-order valence-electron chi connectivity index (χ1n) is 8.91. The number of carbonyl (C=O) groups excluding carboxylic acids is 2. The molecule has 0 spiro atoms. The molecule has 0 aliphatic carbocycles. The van der Waals surface area contributed by atoms with Crippen molar-refractivity contribution in [2.45, 2.75) is 26.4 Å². The van der Waals surface area contributed by atoms with Gasteiger partial charge in [-0.2, -0.15) is 0 Å². The number of carbonyl (C=O) groups is 2. The summed E-state index contributed by atoms with van der Waals surface area (Å²) in [6.45, 7) is 4.02. The molecule has 3 amide bonds. The molecule has 1 unspecified atom stereocenters. The van der Waals surface area contributed by atoms with Gasteiger partial charge in [0.1, 0.15) is 5.70 Å². The van der Waals surface area contributed by atoms with Crippen LogP contribution in [0.5, 0.6) is 11.5 Å². The molecular weight excluding hydrogens is 424 g/mol. The molecule has 0 radical (unpaired) electrons. The zero-order valence-electron chi connectivity index (χ0n) is 15.9. The highest BCUT2D eigenvalue weighted by Crippen LogP contribution is 2.38. The predicted molar refractivity (Wildman–Crippen MR) is 112 cm³/mol. The van der Waals surface area contributed by atoms with Crippen molar-refractivity contribution in [1.82, 2.24) is 5.32 Å². The van der Waals surface area contributed by atoms with Crippen molar-refractivity contribution in [1.29, 1.82) is 0 Å². The second-order valence-corrected chi connectivity index (χ2v) is 7.19. The summed E-state index contributed by atoms with van der Waals surface area (Å²) in [5, 5.41) is 2.62. The fraction of sp³-hybridized carbons (Fsp3) is 0.238. The summed E-state index contributed by atoms with van der Waals surface area (Å²) in [6.07, 6.45) is 2.50. The molecule has 2 aromatic rings. The number of methoxy groups -OCH3 is 1. The number of halogens is 1. The molecule has 1 aliphatic heterocycles. The van der Waals surface area contributed by atoms with Gasteiger partial charge in [0.25, 0.3) is 5.91 Å². The highest BCUT2D eigenvalue weighted by molar-refractivity contribution is 9.10. The quantitative estimate of drug-likeness (QED) is 0.516. The average molecular weight is 445 g/mol. The standard InChI is InChI=1S/C21H21BrN2O4/c1-4-13(2)28-19-16(22)10-14(12-18(19)27-3)11-17-20(25)24(21(26)23-17)15-8-6-5-7-9-15/h5-13H,4H2,1-3H3,(H,23,26)/b17-11+. The van der Waals surface area contributed by atoms with Crippen LogP contribution in [0, 0.1) is 0 Å². The van der Waals surface area contributed by atoms with Crippen LogP contribution < -0.4 is 19.7 Å². The Morgan fingerprint density at radius 1 is 1.21 bits per heavy atom. The van der Waals surface area contributed by atoms with Crippen LogP contribution in [0.4, 0.5) is 10.5 Å².